The number of phenols is 1. The zero-order valence-electron chi connectivity index (χ0n) is 17.4. The number of hydrogen-bond acceptors (Lipinski definition) is 7. The van der Waals surface area contributed by atoms with Crippen molar-refractivity contribution in [2.24, 2.45) is 0 Å². The van der Waals surface area contributed by atoms with Crippen LogP contribution in [-0.2, 0) is 6.42 Å². The van der Waals surface area contributed by atoms with E-state index < -0.39 is 12.2 Å². The summed E-state index contributed by atoms with van der Waals surface area (Å²) in [5, 5.41) is 21.0. The lowest BCUT2D eigenvalue weighted by molar-refractivity contribution is 0.0431. The van der Waals surface area contributed by atoms with Crippen LogP contribution < -0.4 is 23.7 Å². The van der Waals surface area contributed by atoms with Crippen molar-refractivity contribution in [1.29, 1.82) is 0 Å². The maximum Gasteiger partial charge on any atom is 0.203 e. The highest BCUT2D eigenvalue weighted by molar-refractivity contribution is 5.55. The third-order valence-corrected chi connectivity index (χ3v) is 4.47. The van der Waals surface area contributed by atoms with Gasteiger partial charge < -0.3 is 33.9 Å². The van der Waals surface area contributed by atoms with Crippen LogP contribution in [0.4, 0.5) is 0 Å². The lowest BCUT2D eigenvalue weighted by Crippen LogP contribution is -2.22. The number of aliphatic hydroxyl groups excluding tert-OH is 1. The number of phenolic OH excluding ortho intramolecular Hbond substituents is 1. The molecule has 2 aromatic rings. The van der Waals surface area contributed by atoms with Gasteiger partial charge in [-0.1, -0.05) is 6.08 Å². The van der Waals surface area contributed by atoms with E-state index in [9.17, 15) is 10.2 Å². The summed E-state index contributed by atoms with van der Waals surface area (Å²) in [5.74, 6) is 1.69. The van der Waals surface area contributed by atoms with Crippen molar-refractivity contribution >= 4 is 0 Å². The van der Waals surface area contributed by atoms with Crippen LogP contribution in [0.2, 0.25) is 0 Å². The molecule has 2 N–H and O–H groups in total. The first-order chi connectivity index (χ1) is 13.9. The zero-order chi connectivity index (χ0) is 21.6. The summed E-state index contributed by atoms with van der Waals surface area (Å²) in [6.45, 7) is 5.45. The van der Waals surface area contributed by atoms with E-state index in [4.69, 9.17) is 23.7 Å². The van der Waals surface area contributed by atoms with Crippen molar-refractivity contribution in [3.63, 3.8) is 0 Å². The highest BCUT2D eigenvalue weighted by atomic mass is 16.5. The molecule has 29 heavy (non-hydrogen) atoms. The van der Waals surface area contributed by atoms with Crippen LogP contribution >= 0.6 is 0 Å². The molecule has 0 spiro atoms. The quantitative estimate of drug-likeness (QED) is 0.585. The maximum atomic E-state index is 10.8. The van der Waals surface area contributed by atoms with Gasteiger partial charge >= 0.3 is 0 Å². The van der Waals surface area contributed by atoms with E-state index in [1.165, 1.54) is 34.5 Å². The molecule has 0 bridgehead atoms. The molecular formula is C22H28O7. The van der Waals surface area contributed by atoms with Crippen molar-refractivity contribution < 1.29 is 33.9 Å². The molecule has 0 heterocycles. The van der Waals surface area contributed by atoms with E-state index in [1.54, 1.807) is 19.1 Å². The van der Waals surface area contributed by atoms with Crippen molar-refractivity contribution in [2.45, 2.75) is 25.6 Å². The molecule has 0 aliphatic carbocycles. The molecule has 7 nitrogen and oxygen atoms in total. The van der Waals surface area contributed by atoms with Gasteiger partial charge in [0.2, 0.25) is 11.5 Å². The number of rotatable bonds is 10. The summed E-state index contributed by atoms with van der Waals surface area (Å²) in [6.07, 6.45) is 0.671. The second kappa shape index (κ2) is 9.93. The summed E-state index contributed by atoms with van der Waals surface area (Å²) < 4.78 is 27.2. The standard InChI is InChI=1S/C22H28O7/c1-7-8-14-9-17(25-3)22(18(10-14)26-4)29-13(2)20(24)15-11-16(23)21(28-6)19(12-15)27-5/h7,9-13,20,23-24H,1,8H2,2-6H3/t13-,20-/m0/s1. The van der Waals surface area contributed by atoms with Crippen LogP contribution in [0.5, 0.6) is 34.5 Å². The van der Waals surface area contributed by atoms with E-state index in [2.05, 4.69) is 6.58 Å². The van der Waals surface area contributed by atoms with Gasteiger partial charge in [-0.3, -0.25) is 0 Å². The van der Waals surface area contributed by atoms with E-state index in [1.807, 2.05) is 12.1 Å². The molecule has 0 saturated carbocycles. The SMILES string of the molecule is C=CCc1cc(OC)c(O[C@@H](C)[C@H](O)c2cc(O)c(OC)c(OC)c2)c(OC)c1. The Hall–Kier alpha value is -3.06. The molecule has 0 fully saturated rings. The van der Waals surface area contributed by atoms with E-state index in [0.29, 0.717) is 35.0 Å². The number of aromatic hydroxyl groups is 1. The van der Waals surface area contributed by atoms with Crippen LogP contribution in [0.3, 0.4) is 0 Å². The molecule has 7 heteroatoms. The Morgan fingerprint density at radius 2 is 1.45 bits per heavy atom. The summed E-state index contributed by atoms with van der Waals surface area (Å²) >= 11 is 0. The fourth-order valence-corrected chi connectivity index (χ4v) is 2.99. The second-order valence-corrected chi connectivity index (χ2v) is 6.37. The molecule has 0 aliphatic rings. The predicted molar refractivity (Wildman–Crippen MR) is 110 cm³/mol. The number of methoxy groups -OCH3 is 4. The number of benzene rings is 2. The smallest absolute Gasteiger partial charge is 0.203 e. The second-order valence-electron chi connectivity index (χ2n) is 6.37. The van der Waals surface area contributed by atoms with Crippen molar-refractivity contribution in [3.05, 3.63) is 48.0 Å². The lowest BCUT2D eigenvalue weighted by Gasteiger charge is -2.24. The zero-order valence-corrected chi connectivity index (χ0v) is 17.4. The molecule has 2 aromatic carbocycles. The van der Waals surface area contributed by atoms with Gasteiger partial charge in [0.05, 0.1) is 28.4 Å². The van der Waals surface area contributed by atoms with Gasteiger partial charge in [0, 0.05) is 0 Å². The fraction of sp³-hybridized carbons (Fsp3) is 0.364. The van der Waals surface area contributed by atoms with Gasteiger partial charge in [0.1, 0.15) is 12.2 Å². The van der Waals surface area contributed by atoms with Gasteiger partial charge in [-0.15, -0.1) is 6.58 Å². The van der Waals surface area contributed by atoms with Gasteiger partial charge in [-0.25, -0.2) is 0 Å². The van der Waals surface area contributed by atoms with E-state index in [-0.39, 0.29) is 11.5 Å². The number of hydrogen-bond donors (Lipinski definition) is 2. The minimum atomic E-state index is -1.07. The number of allylic oxidation sites excluding steroid dienone is 1. The molecule has 0 radical (unpaired) electrons. The van der Waals surface area contributed by atoms with Crippen LogP contribution in [0.15, 0.2) is 36.9 Å². The topological polar surface area (TPSA) is 86.6 Å². The first kappa shape index (κ1) is 22.2. The minimum absolute atomic E-state index is 0.142. The largest absolute Gasteiger partial charge is 0.504 e. The van der Waals surface area contributed by atoms with E-state index >= 15 is 0 Å². The molecule has 0 aliphatic heterocycles. The van der Waals surface area contributed by atoms with Gasteiger partial charge in [0.15, 0.2) is 23.0 Å². The van der Waals surface area contributed by atoms with Crippen molar-refractivity contribution in [1.82, 2.24) is 0 Å². The Bertz CT molecular complexity index is 822. The highest BCUT2D eigenvalue weighted by Crippen LogP contribution is 2.42. The van der Waals surface area contributed by atoms with Gasteiger partial charge in [0.25, 0.3) is 0 Å². The molecule has 0 unspecified atom stereocenters. The number of aliphatic hydroxyl groups is 1. The van der Waals surface area contributed by atoms with Crippen molar-refractivity contribution in [2.75, 3.05) is 28.4 Å². The Morgan fingerprint density at radius 3 is 1.93 bits per heavy atom. The van der Waals surface area contributed by atoms with Crippen LogP contribution in [-0.4, -0.2) is 44.8 Å². The molecule has 0 aromatic heterocycles. The summed E-state index contributed by atoms with van der Waals surface area (Å²) in [7, 11) is 5.95. The Kier molecular flexibility index (Phi) is 7.61. The Labute approximate surface area is 171 Å². The van der Waals surface area contributed by atoms with Gasteiger partial charge in [-0.05, 0) is 48.7 Å². The predicted octanol–water partition coefficient (Wildman–Crippen LogP) is 3.66. The lowest BCUT2D eigenvalue weighted by atomic mass is 10.0. The summed E-state index contributed by atoms with van der Waals surface area (Å²) in [6, 6.07) is 6.67. The Morgan fingerprint density at radius 1 is 0.897 bits per heavy atom. The first-order valence-electron chi connectivity index (χ1n) is 9.05. The van der Waals surface area contributed by atoms with Crippen LogP contribution in [0, 0.1) is 0 Å². The molecule has 2 rings (SSSR count). The minimum Gasteiger partial charge on any atom is -0.504 e. The van der Waals surface area contributed by atoms with Crippen LogP contribution in [0.25, 0.3) is 0 Å². The van der Waals surface area contributed by atoms with Crippen molar-refractivity contribution in [3.8, 4) is 34.5 Å². The highest BCUT2D eigenvalue weighted by Gasteiger charge is 2.25. The third kappa shape index (κ3) is 4.86. The molecular weight excluding hydrogens is 376 g/mol. The molecule has 0 amide bonds. The molecule has 158 valence electrons. The van der Waals surface area contributed by atoms with E-state index in [0.717, 1.165) is 5.56 Å². The Balaban J connectivity index is 2.35. The fourth-order valence-electron chi connectivity index (χ4n) is 2.99. The monoisotopic (exact) mass is 404 g/mol. The summed E-state index contributed by atoms with van der Waals surface area (Å²) in [5.41, 5.74) is 1.37. The first-order valence-corrected chi connectivity index (χ1v) is 9.05. The maximum absolute atomic E-state index is 10.8. The normalized spacial score (nSPS) is 12.6. The average molecular weight is 404 g/mol. The average Bonchev–Trinajstić information content (AvgIpc) is 2.73. The van der Waals surface area contributed by atoms with Crippen LogP contribution in [0.1, 0.15) is 24.2 Å². The third-order valence-electron chi connectivity index (χ3n) is 4.47. The number of ether oxygens (including phenoxy) is 5. The summed E-state index contributed by atoms with van der Waals surface area (Å²) in [4.78, 5) is 0. The van der Waals surface area contributed by atoms with Gasteiger partial charge in [-0.2, -0.15) is 0 Å². The molecule has 2 atom stereocenters. The molecule has 0 saturated heterocycles.